The number of nitrogens with zero attached hydrogens (tertiary/aromatic N) is 1. The summed E-state index contributed by atoms with van der Waals surface area (Å²) in [5.74, 6) is 1.05. The van der Waals surface area contributed by atoms with Crippen molar-refractivity contribution >= 4 is 0 Å². The second-order valence-electron chi connectivity index (χ2n) is 6.37. The molecule has 2 aliphatic heterocycles. The van der Waals surface area contributed by atoms with E-state index < -0.39 is 5.60 Å². The molecule has 4 heteroatoms. The van der Waals surface area contributed by atoms with Crippen molar-refractivity contribution in [3.8, 4) is 5.75 Å². The first kappa shape index (κ1) is 14.8. The molecule has 2 aliphatic rings. The lowest BCUT2D eigenvalue weighted by Gasteiger charge is -2.35. The highest BCUT2D eigenvalue weighted by molar-refractivity contribution is 5.39. The summed E-state index contributed by atoms with van der Waals surface area (Å²) in [6.07, 6.45) is 3.52. The predicted octanol–water partition coefficient (Wildman–Crippen LogP) is 1.64. The monoisotopic (exact) mass is 291 g/mol. The van der Waals surface area contributed by atoms with Gasteiger partial charge in [-0.3, -0.25) is 0 Å². The van der Waals surface area contributed by atoms with Crippen LogP contribution in [0.2, 0.25) is 0 Å². The Morgan fingerprint density at radius 2 is 2.05 bits per heavy atom. The summed E-state index contributed by atoms with van der Waals surface area (Å²) >= 11 is 0. The third-order valence-corrected chi connectivity index (χ3v) is 4.52. The molecule has 1 aromatic carbocycles. The Balaban J connectivity index is 1.50. The lowest BCUT2D eigenvalue weighted by atomic mass is 9.94. The number of hydrogen-bond acceptors (Lipinski definition) is 4. The molecule has 3 rings (SSSR count). The fourth-order valence-corrected chi connectivity index (χ4v) is 3.21. The van der Waals surface area contributed by atoms with Gasteiger partial charge in [-0.25, -0.2) is 0 Å². The number of fused-ring (bicyclic) bond motifs is 1. The zero-order valence-corrected chi connectivity index (χ0v) is 12.8. The average molecular weight is 291 g/mol. The van der Waals surface area contributed by atoms with Crippen molar-refractivity contribution in [3.63, 3.8) is 0 Å². The van der Waals surface area contributed by atoms with Crippen molar-refractivity contribution in [2.75, 3.05) is 40.0 Å². The minimum atomic E-state index is -0.571. The minimum Gasteiger partial charge on any atom is -0.493 e. The Hall–Kier alpha value is -1.10. The molecule has 2 heterocycles. The third-order valence-electron chi connectivity index (χ3n) is 4.52. The van der Waals surface area contributed by atoms with E-state index in [4.69, 9.17) is 9.47 Å². The normalized spacial score (nSPS) is 20.3. The van der Waals surface area contributed by atoms with Crippen LogP contribution in [0.4, 0.5) is 0 Å². The highest BCUT2D eigenvalue weighted by Crippen LogP contribution is 2.26. The number of hydrogen-bond donors (Lipinski definition) is 1. The van der Waals surface area contributed by atoms with E-state index in [2.05, 4.69) is 30.1 Å². The summed E-state index contributed by atoms with van der Waals surface area (Å²) in [7, 11) is 2.09. The van der Waals surface area contributed by atoms with E-state index >= 15 is 0 Å². The molecule has 1 N–H and O–H groups in total. The second kappa shape index (κ2) is 6.34. The molecule has 0 unspecified atom stereocenters. The molecule has 0 bridgehead atoms. The molecule has 0 amide bonds. The molecule has 0 spiro atoms. The number of ether oxygens (including phenoxy) is 2. The van der Waals surface area contributed by atoms with Crippen molar-refractivity contribution in [3.05, 3.63) is 29.3 Å². The first-order valence-electron chi connectivity index (χ1n) is 7.88. The zero-order chi connectivity index (χ0) is 14.7. The Morgan fingerprint density at radius 3 is 2.86 bits per heavy atom. The predicted molar refractivity (Wildman–Crippen MR) is 81.8 cm³/mol. The van der Waals surface area contributed by atoms with Gasteiger partial charge in [0.15, 0.2) is 0 Å². The molecule has 116 valence electrons. The smallest absolute Gasteiger partial charge is 0.122 e. The first-order valence-corrected chi connectivity index (χ1v) is 7.88. The fourth-order valence-electron chi connectivity index (χ4n) is 3.21. The van der Waals surface area contributed by atoms with Crippen LogP contribution in [-0.4, -0.2) is 55.6 Å². The summed E-state index contributed by atoms with van der Waals surface area (Å²) in [6, 6.07) is 6.50. The minimum absolute atomic E-state index is 0.571. The van der Waals surface area contributed by atoms with Crippen molar-refractivity contribution in [1.29, 1.82) is 0 Å². The van der Waals surface area contributed by atoms with Gasteiger partial charge in [-0.2, -0.15) is 0 Å². The van der Waals surface area contributed by atoms with Crippen molar-refractivity contribution in [2.24, 2.45) is 0 Å². The van der Waals surface area contributed by atoms with Crippen LogP contribution >= 0.6 is 0 Å². The number of aliphatic hydroxyl groups is 1. The molecular formula is C17H25NO3. The Morgan fingerprint density at radius 1 is 1.24 bits per heavy atom. The van der Waals surface area contributed by atoms with Crippen LogP contribution in [0.1, 0.15) is 24.0 Å². The fraction of sp³-hybridized carbons (Fsp3) is 0.647. The van der Waals surface area contributed by atoms with Crippen LogP contribution in [0.25, 0.3) is 0 Å². The molecule has 4 nitrogen and oxygen atoms in total. The lowest BCUT2D eigenvalue weighted by molar-refractivity contribution is -0.0767. The maximum absolute atomic E-state index is 10.5. The topological polar surface area (TPSA) is 41.9 Å². The molecule has 0 radical (unpaired) electrons. The van der Waals surface area contributed by atoms with Crippen molar-refractivity contribution in [1.82, 2.24) is 4.90 Å². The van der Waals surface area contributed by atoms with Gasteiger partial charge in [-0.15, -0.1) is 0 Å². The summed E-state index contributed by atoms with van der Waals surface area (Å²) in [6.45, 7) is 3.85. The van der Waals surface area contributed by atoms with E-state index in [0.717, 1.165) is 51.1 Å². The summed E-state index contributed by atoms with van der Waals surface area (Å²) in [5, 5.41) is 10.5. The van der Waals surface area contributed by atoms with Crippen molar-refractivity contribution < 1.29 is 14.6 Å². The van der Waals surface area contributed by atoms with Crippen LogP contribution in [0.5, 0.6) is 5.75 Å². The van der Waals surface area contributed by atoms with E-state index in [1.54, 1.807) is 0 Å². The van der Waals surface area contributed by atoms with Gasteiger partial charge in [0.1, 0.15) is 5.75 Å². The van der Waals surface area contributed by atoms with E-state index in [1.165, 1.54) is 11.1 Å². The third kappa shape index (κ3) is 3.76. The highest BCUT2D eigenvalue weighted by atomic mass is 16.5. The van der Waals surface area contributed by atoms with E-state index in [-0.39, 0.29) is 0 Å². The first-order chi connectivity index (χ1) is 10.1. The van der Waals surface area contributed by atoms with Gasteiger partial charge in [-0.05, 0) is 30.7 Å². The molecule has 0 saturated carbocycles. The van der Waals surface area contributed by atoms with E-state index in [1.807, 2.05) is 0 Å². The quantitative estimate of drug-likeness (QED) is 0.895. The lowest BCUT2D eigenvalue weighted by Crippen LogP contribution is -2.46. The number of likely N-dealkylation sites (N-methyl/N-ethyl adjacent to an activating group) is 1. The van der Waals surface area contributed by atoms with Gasteiger partial charge in [0.25, 0.3) is 0 Å². The van der Waals surface area contributed by atoms with Gasteiger partial charge in [-0.1, -0.05) is 12.1 Å². The van der Waals surface area contributed by atoms with Gasteiger partial charge in [0.05, 0.1) is 12.2 Å². The molecule has 21 heavy (non-hydrogen) atoms. The largest absolute Gasteiger partial charge is 0.493 e. The maximum Gasteiger partial charge on any atom is 0.122 e. The Bertz CT molecular complexity index is 483. The molecule has 1 aromatic rings. The van der Waals surface area contributed by atoms with Gasteiger partial charge >= 0.3 is 0 Å². The number of rotatable bonds is 5. The number of benzene rings is 1. The van der Waals surface area contributed by atoms with Crippen LogP contribution in [-0.2, 0) is 17.6 Å². The Kier molecular flexibility index (Phi) is 4.48. The maximum atomic E-state index is 10.5. The van der Waals surface area contributed by atoms with E-state index in [0.29, 0.717) is 13.2 Å². The second-order valence-corrected chi connectivity index (χ2v) is 6.37. The van der Waals surface area contributed by atoms with Gasteiger partial charge in [0.2, 0.25) is 0 Å². The molecular weight excluding hydrogens is 266 g/mol. The van der Waals surface area contributed by atoms with Gasteiger partial charge in [0, 0.05) is 45.6 Å². The van der Waals surface area contributed by atoms with Crippen LogP contribution < -0.4 is 4.74 Å². The van der Waals surface area contributed by atoms with Crippen LogP contribution in [0.15, 0.2) is 18.2 Å². The molecule has 1 saturated heterocycles. The molecule has 0 aliphatic carbocycles. The molecule has 0 aromatic heterocycles. The summed E-state index contributed by atoms with van der Waals surface area (Å²) in [5.41, 5.74) is 2.11. The summed E-state index contributed by atoms with van der Waals surface area (Å²) in [4.78, 5) is 2.23. The van der Waals surface area contributed by atoms with Crippen LogP contribution in [0.3, 0.4) is 0 Å². The molecule has 1 fully saturated rings. The molecule has 0 atom stereocenters. The zero-order valence-electron chi connectivity index (χ0n) is 12.8. The van der Waals surface area contributed by atoms with Crippen LogP contribution in [0, 0.1) is 0 Å². The summed E-state index contributed by atoms with van der Waals surface area (Å²) < 4.78 is 10.9. The highest BCUT2D eigenvalue weighted by Gasteiger charge is 2.30. The average Bonchev–Trinajstić information content (AvgIpc) is 2.93. The van der Waals surface area contributed by atoms with E-state index in [9.17, 15) is 5.11 Å². The Labute approximate surface area is 126 Å². The van der Waals surface area contributed by atoms with Gasteiger partial charge < -0.3 is 19.5 Å². The standard InChI is InChI=1S/C17H25NO3/c1-18(13-17(19)6-10-20-11-7-17)8-4-14-2-3-16-15(12-14)5-9-21-16/h2-3,12,19H,4-11,13H2,1H3. The SMILES string of the molecule is CN(CCc1ccc2c(c1)CCO2)CC1(O)CCOCC1. The van der Waals surface area contributed by atoms with Crippen molar-refractivity contribution in [2.45, 2.75) is 31.3 Å².